The highest BCUT2D eigenvalue weighted by Gasteiger charge is 2.18. The van der Waals surface area contributed by atoms with Crippen molar-refractivity contribution in [3.8, 4) is 21.8 Å². The number of anilines is 1. The van der Waals surface area contributed by atoms with E-state index in [4.69, 9.17) is 17.3 Å². The Morgan fingerprint density at radius 3 is 2.81 bits per heavy atom. The normalized spacial score (nSPS) is 10.8. The van der Waals surface area contributed by atoms with Gasteiger partial charge >= 0.3 is 0 Å². The van der Waals surface area contributed by atoms with Gasteiger partial charge in [0.1, 0.15) is 0 Å². The summed E-state index contributed by atoms with van der Waals surface area (Å²) in [7, 11) is 0. The molecule has 0 saturated carbocycles. The molecule has 0 unspecified atom stereocenters. The molecular weight excluding hydrogens is 311 g/mol. The Bertz CT molecular complexity index is 818. The van der Waals surface area contributed by atoms with Crippen LogP contribution in [0.25, 0.3) is 21.8 Å². The molecule has 0 fully saturated rings. The number of aryl methyl sites for hydroxylation is 1. The van der Waals surface area contributed by atoms with E-state index in [1.165, 1.54) is 17.4 Å². The van der Waals surface area contributed by atoms with Crippen LogP contribution in [0.5, 0.6) is 0 Å². The van der Waals surface area contributed by atoms with Crippen molar-refractivity contribution in [2.45, 2.75) is 6.92 Å². The Morgan fingerprint density at radius 2 is 2.05 bits per heavy atom. The lowest BCUT2D eigenvalue weighted by Crippen LogP contribution is -1.95. The maximum absolute atomic E-state index is 14.3. The molecule has 2 aromatic heterocycles. The van der Waals surface area contributed by atoms with Gasteiger partial charge in [0.15, 0.2) is 5.82 Å². The fraction of sp³-hybridized carbons (Fsp3) is 0.0714. The van der Waals surface area contributed by atoms with Gasteiger partial charge in [0.05, 0.1) is 27.0 Å². The molecule has 3 aromatic rings. The van der Waals surface area contributed by atoms with Gasteiger partial charge in [-0.2, -0.15) is 0 Å². The molecule has 4 nitrogen and oxygen atoms in total. The van der Waals surface area contributed by atoms with Crippen molar-refractivity contribution in [1.29, 1.82) is 0 Å². The van der Waals surface area contributed by atoms with E-state index in [9.17, 15) is 4.39 Å². The second-order valence-corrected chi connectivity index (χ2v) is 5.87. The van der Waals surface area contributed by atoms with E-state index >= 15 is 0 Å². The number of nitrogen functional groups attached to an aromatic ring is 1. The second-order valence-electron chi connectivity index (χ2n) is 4.33. The van der Waals surface area contributed by atoms with Crippen molar-refractivity contribution >= 4 is 28.6 Å². The first-order valence-corrected chi connectivity index (χ1v) is 7.26. The minimum absolute atomic E-state index is 0.0878. The topological polar surface area (TPSA) is 64.7 Å². The molecule has 21 heavy (non-hydrogen) atoms. The van der Waals surface area contributed by atoms with E-state index in [1.807, 2.05) is 6.92 Å². The molecule has 2 N–H and O–H groups in total. The Hall–Kier alpha value is -2.05. The van der Waals surface area contributed by atoms with Gasteiger partial charge in [0.25, 0.3) is 0 Å². The van der Waals surface area contributed by atoms with Crippen LogP contribution in [0.3, 0.4) is 0 Å². The predicted octanol–water partition coefficient (Wildman–Crippen LogP) is 3.95. The van der Waals surface area contributed by atoms with Crippen molar-refractivity contribution in [3.63, 3.8) is 0 Å². The summed E-state index contributed by atoms with van der Waals surface area (Å²) in [5.41, 5.74) is 7.19. The minimum atomic E-state index is -0.482. The molecule has 0 aliphatic rings. The van der Waals surface area contributed by atoms with Crippen LogP contribution in [0, 0.1) is 12.7 Å². The molecule has 3 rings (SSSR count). The van der Waals surface area contributed by atoms with E-state index in [2.05, 4.69) is 15.0 Å². The van der Waals surface area contributed by atoms with E-state index < -0.39 is 5.82 Å². The van der Waals surface area contributed by atoms with E-state index in [0.29, 0.717) is 17.0 Å². The molecule has 0 atom stereocenters. The minimum Gasteiger partial charge on any atom is -0.396 e. The third-order valence-electron chi connectivity index (χ3n) is 2.88. The van der Waals surface area contributed by atoms with Crippen molar-refractivity contribution in [2.24, 2.45) is 0 Å². The Morgan fingerprint density at radius 1 is 1.24 bits per heavy atom. The average Bonchev–Trinajstić information content (AvgIpc) is 2.84. The zero-order valence-electron chi connectivity index (χ0n) is 11.0. The first-order valence-electron chi connectivity index (χ1n) is 6.07. The van der Waals surface area contributed by atoms with Gasteiger partial charge in [-0.25, -0.2) is 19.3 Å². The van der Waals surface area contributed by atoms with Crippen LogP contribution in [-0.4, -0.2) is 15.0 Å². The smallest absolute Gasteiger partial charge is 0.222 e. The zero-order valence-corrected chi connectivity index (χ0v) is 12.5. The maximum atomic E-state index is 14.3. The van der Waals surface area contributed by atoms with Gasteiger partial charge in [-0.1, -0.05) is 6.07 Å². The third-order valence-corrected chi connectivity index (χ3v) is 4.05. The predicted molar refractivity (Wildman–Crippen MR) is 82.7 cm³/mol. The lowest BCUT2D eigenvalue weighted by molar-refractivity contribution is 0.635. The van der Waals surface area contributed by atoms with Crippen LogP contribution in [-0.2, 0) is 0 Å². The summed E-state index contributed by atoms with van der Waals surface area (Å²) >= 11 is 7.24. The standard InChI is InChI=1S/C14H10ClFN4S/c1-7-19-12(8-3-2-4-9(17)11(8)16)13(21-7)10-5-6-18-14(15)20-10/h2-6H,17H2,1H3. The lowest BCUT2D eigenvalue weighted by atomic mass is 10.1. The van der Waals surface area contributed by atoms with Crippen LogP contribution in [0.1, 0.15) is 5.01 Å². The SMILES string of the molecule is Cc1nc(-c2cccc(N)c2F)c(-c2ccnc(Cl)n2)s1. The molecule has 7 heteroatoms. The highest BCUT2D eigenvalue weighted by atomic mass is 35.5. The van der Waals surface area contributed by atoms with Gasteiger partial charge in [-0.15, -0.1) is 11.3 Å². The first kappa shape index (κ1) is 13.9. The summed E-state index contributed by atoms with van der Waals surface area (Å²) in [6, 6.07) is 6.57. The lowest BCUT2D eigenvalue weighted by Gasteiger charge is -2.05. The van der Waals surface area contributed by atoms with Crippen molar-refractivity contribution < 1.29 is 4.39 Å². The van der Waals surface area contributed by atoms with Crippen LogP contribution in [0.15, 0.2) is 30.5 Å². The first-order chi connectivity index (χ1) is 10.1. The number of benzene rings is 1. The number of halogens is 2. The number of rotatable bonds is 2. The molecule has 0 spiro atoms. The van der Waals surface area contributed by atoms with Gasteiger partial charge < -0.3 is 5.73 Å². The molecular formula is C14H10ClFN4S. The van der Waals surface area contributed by atoms with Gasteiger partial charge in [-0.3, -0.25) is 0 Å². The van der Waals surface area contributed by atoms with Gasteiger partial charge in [0, 0.05) is 11.8 Å². The summed E-state index contributed by atoms with van der Waals surface area (Å²) in [5, 5.41) is 0.939. The number of hydrogen-bond donors (Lipinski definition) is 1. The molecule has 1 aromatic carbocycles. The Labute approximate surface area is 129 Å². The largest absolute Gasteiger partial charge is 0.396 e. The maximum Gasteiger partial charge on any atom is 0.222 e. The average molecular weight is 321 g/mol. The van der Waals surface area contributed by atoms with E-state index in [0.717, 1.165) is 9.88 Å². The molecule has 0 aliphatic carbocycles. The Balaban J connectivity index is 2.23. The number of thiazole rings is 1. The molecule has 0 saturated heterocycles. The summed E-state index contributed by atoms with van der Waals surface area (Å²) in [6.45, 7) is 1.85. The monoisotopic (exact) mass is 320 g/mol. The molecule has 0 amide bonds. The van der Waals surface area contributed by atoms with Crippen LogP contribution in [0.4, 0.5) is 10.1 Å². The number of nitrogens with two attached hydrogens (primary N) is 1. The highest BCUT2D eigenvalue weighted by molar-refractivity contribution is 7.15. The van der Waals surface area contributed by atoms with Gasteiger partial charge in [0.2, 0.25) is 5.28 Å². The van der Waals surface area contributed by atoms with Gasteiger partial charge in [-0.05, 0) is 36.7 Å². The van der Waals surface area contributed by atoms with Crippen LogP contribution in [0.2, 0.25) is 5.28 Å². The summed E-state index contributed by atoms with van der Waals surface area (Å²) in [6.07, 6.45) is 1.55. The van der Waals surface area contributed by atoms with Crippen LogP contribution < -0.4 is 5.73 Å². The quantitative estimate of drug-likeness (QED) is 0.573. The third kappa shape index (κ3) is 2.59. The number of aromatic nitrogens is 3. The Kier molecular flexibility index (Phi) is 3.57. The van der Waals surface area contributed by atoms with E-state index in [-0.39, 0.29) is 11.0 Å². The van der Waals surface area contributed by atoms with E-state index in [1.54, 1.807) is 24.4 Å². The van der Waals surface area contributed by atoms with Crippen molar-refractivity contribution in [3.05, 3.63) is 46.6 Å². The summed E-state index contributed by atoms with van der Waals surface area (Å²) in [5.74, 6) is -0.482. The molecule has 2 heterocycles. The zero-order chi connectivity index (χ0) is 15.0. The fourth-order valence-electron chi connectivity index (χ4n) is 1.98. The van der Waals surface area contributed by atoms with Crippen molar-refractivity contribution in [1.82, 2.24) is 15.0 Å². The number of nitrogens with zero attached hydrogens (tertiary/aromatic N) is 3. The fourth-order valence-corrected chi connectivity index (χ4v) is 3.03. The second kappa shape index (κ2) is 5.38. The van der Waals surface area contributed by atoms with Crippen LogP contribution >= 0.6 is 22.9 Å². The highest BCUT2D eigenvalue weighted by Crippen LogP contribution is 2.37. The summed E-state index contributed by atoms with van der Waals surface area (Å²) < 4.78 is 14.3. The molecule has 0 bridgehead atoms. The summed E-state index contributed by atoms with van der Waals surface area (Å²) in [4.78, 5) is 13.2. The molecule has 106 valence electrons. The molecule has 0 aliphatic heterocycles. The molecule has 0 radical (unpaired) electrons. The number of hydrogen-bond acceptors (Lipinski definition) is 5. The van der Waals surface area contributed by atoms with Crippen molar-refractivity contribution in [2.75, 3.05) is 5.73 Å².